The lowest BCUT2D eigenvalue weighted by atomic mass is 9.99. The van der Waals surface area contributed by atoms with Crippen LogP contribution in [0, 0.1) is 5.82 Å². The van der Waals surface area contributed by atoms with Gasteiger partial charge >= 0.3 is 5.97 Å². The fraction of sp³-hybridized carbons (Fsp3) is 0. The van der Waals surface area contributed by atoms with E-state index in [1.807, 2.05) is 0 Å². The van der Waals surface area contributed by atoms with Crippen molar-refractivity contribution in [3.8, 4) is 11.1 Å². The lowest BCUT2D eigenvalue weighted by Gasteiger charge is -2.07. The maximum Gasteiger partial charge on any atom is 0.336 e. The number of aromatic carboxylic acids is 1. The summed E-state index contributed by atoms with van der Waals surface area (Å²) in [6, 6.07) is 10.5. The number of halogens is 1. The van der Waals surface area contributed by atoms with Crippen LogP contribution in [0.1, 0.15) is 10.4 Å². The molecule has 3 nitrogen and oxygen atoms in total. The highest BCUT2D eigenvalue weighted by molar-refractivity contribution is 5.96. The number of hydrogen-bond donors (Lipinski definition) is 2. The van der Waals surface area contributed by atoms with E-state index in [4.69, 9.17) is 10.8 Å². The summed E-state index contributed by atoms with van der Waals surface area (Å²) in [5, 5.41) is 9.02. The first-order chi connectivity index (χ1) is 8.08. The molecule has 0 heterocycles. The summed E-state index contributed by atoms with van der Waals surface area (Å²) in [7, 11) is 0. The summed E-state index contributed by atoms with van der Waals surface area (Å²) < 4.78 is 13.0. The van der Waals surface area contributed by atoms with Crippen LogP contribution in [0.15, 0.2) is 42.5 Å². The summed E-state index contributed by atoms with van der Waals surface area (Å²) in [5.41, 5.74) is 7.19. The van der Waals surface area contributed by atoms with Crippen LogP contribution < -0.4 is 5.73 Å². The van der Waals surface area contributed by atoms with Gasteiger partial charge in [0.05, 0.1) is 5.56 Å². The molecular formula is C13H10FNO2. The zero-order valence-corrected chi connectivity index (χ0v) is 8.85. The van der Waals surface area contributed by atoms with Gasteiger partial charge in [-0.3, -0.25) is 0 Å². The van der Waals surface area contributed by atoms with Crippen molar-refractivity contribution < 1.29 is 14.3 Å². The summed E-state index contributed by atoms with van der Waals surface area (Å²) >= 11 is 0. The zero-order valence-electron chi connectivity index (χ0n) is 8.85. The fourth-order valence-corrected chi connectivity index (χ4v) is 1.65. The van der Waals surface area contributed by atoms with Crippen molar-refractivity contribution in [1.82, 2.24) is 0 Å². The SMILES string of the molecule is Nc1cccc(-c2ccc(F)cc2C(=O)O)c1. The van der Waals surface area contributed by atoms with E-state index in [0.29, 0.717) is 16.8 Å². The molecule has 0 aromatic heterocycles. The van der Waals surface area contributed by atoms with Gasteiger partial charge in [0.2, 0.25) is 0 Å². The van der Waals surface area contributed by atoms with Crippen molar-refractivity contribution in [1.29, 1.82) is 0 Å². The molecule has 4 heteroatoms. The second kappa shape index (κ2) is 4.25. The van der Waals surface area contributed by atoms with Crippen LogP contribution in [-0.4, -0.2) is 11.1 Å². The number of carbonyl (C=O) groups is 1. The van der Waals surface area contributed by atoms with Gasteiger partial charge in [0.25, 0.3) is 0 Å². The molecule has 2 aromatic rings. The molecule has 0 fully saturated rings. The Morgan fingerprint density at radius 1 is 1.18 bits per heavy atom. The van der Waals surface area contributed by atoms with Crippen LogP contribution >= 0.6 is 0 Å². The van der Waals surface area contributed by atoms with Crippen molar-refractivity contribution in [2.45, 2.75) is 0 Å². The standard InChI is InChI=1S/C13H10FNO2/c14-9-4-5-11(12(7-9)13(16)17)8-2-1-3-10(15)6-8/h1-7H,15H2,(H,16,17). The summed E-state index contributed by atoms with van der Waals surface area (Å²) in [6.07, 6.45) is 0. The molecular weight excluding hydrogens is 221 g/mol. The fourth-order valence-electron chi connectivity index (χ4n) is 1.65. The number of nitrogen functional groups attached to an aromatic ring is 1. The normalized spacial score (nSPS) is 10.2. The molecule has 0 unspecified atom stereocenters. The largest absolute Gasteiger partial charge is 0.478 e. The summed E-state index contributed by atoms with van der Waals surface area (Å²) in [6.45, 7) is 0. The van der Waals surface area contributed by atoms with Crippen molar-refractivity contribution in [3.05, 3.63) is 53.8 Å². The Bertz CT molecular complexity index is 581. The van der Waals surface area contributed by atoms with Gasteiger partial charge in [-0.15, -0.1) is 0 Å². The zero-order chi connectivity index (χ0) is 12.4. The van der Waals surface area contributed by atoms with Crippen LogP contribution in [0.2, 0.25) is 0 Å². The Kier molecular flexibility index (Phi) is 2.78. The quantitative estimate of drug-likeness (QED) is 0.781. The predicted octanol–water partition coefficient (Wildman–Crippen LogP) is 2.77. The third-order valence-corrected chi connectivity index (χ3v) is 2.41. The molecule has 2 aromatic carbocycles. The lowest BCUT2D eigenvalue weighted by Crippen LogP contribution is -2.00. The van der Waals surface area contributed by atoms with Crippen LogP contribution in [0.25, 0.3) is 11.1 Å². The Balaban J connectivity index is 2.63. The maximum absolute atomic E-state index is 13.0. The van der Waals surface area contributed by atoms with Crippen molar-refractivity contribution in [3.63, 3.8) is 0 Å². The Hall–Kier alpha value is -2.36. The van der Waals surface area contributed by atoms with Crippen molar-refractivity contribution in [2.75, 3.05) is 5.73 Å². The average molecular weight is 231 g/mol. The first kappa shape index (κ1) is 11.1. The minimum atomic E-state index is -1.16. The number of hydrogen-bond acceptors (Lipinski definition) is 2. The molecule has 0 atom stereocenters. The van der Waals surface area contributed by atoms with E-state index < -0.39 is 11.8 Å². The molecule has 0 saturated carbocycles. The minimum Gasteiger partial charge on any atom is -0.478 e. The molecule has 2 rings (SSSR count). The highest BCUT2D eigenvalue weighted by Crippen LogP contribution is 2.26. The Labute approximate surface area is 97.3 Å². The maximum atomic E-state index is 13.0. The van der Waals surface area contributed by atoms with Crippen LogP contribution in [0.3, 0.4) is 0 Å². The number of benzene rings is 2. The van der Waals surface area contributed by atoms with E-state index in [0.717, 1.165) is 6.07 Å². The number of carboxylic acids is 1. The van der Waals surface area contributed by atoms with Gasteiger partial charge in [-0.25, -0.2) is 9.18 Å². The number of carboxylic acid groups (broad SMARTS) is 1. The summed E-state index contributed by atoms with van der Waals surface area (Å²) in [4.78, 5) is 11.0. The van der Waals surface area contributed by atoms with Crippen molar-refractivity contribution in [2.24, 2.45) is 0 Å². The third kappa shape index (κ3) is 2.25. The van der Waals surface area contributed by atoms with E-state index in [-0.39, 0.29) is 5.56 Å². The smallest absolute Gasteiger partial charge is 0.336 e. The van der Waals surface area contributed by atoms with Crippen LogP contribution in [0.5, 0.6) is 0 Å². The second-order valence-corrected chi connectivity index (χ2v) is 3.62. The van der Waals surface area contributed by atoms with E-state index in [1.54, 1.807) is 24.3 Å². The second-order valence-electron chi connectivity index (χ2n) is 3.62. The van der Waals surface area contributed by atoms with Gasteiger partial charge in [-0.1, -0.05) is 18.2 Å². The molecule has 0 spiro atoms. The van der Waals surface area contributed by atoms with Gasteiger partial charge in [-0.2, -0.15) is 0 Å². The summed E-state index contributed by atoms with van der Waals surface area (Å²) in [5.74, 6) is -1.74. The molecule has 17 heavy (non-hydrogen) atoms. The van der Waals surface area contributed by atoms with Gasteiger partial charge in [0, 0.05) is 5.69 Å². The molecule has 0 aliphatic heterocycles. The van der Waals surface area contributed by atoms with E-state index >= 15 is 0 Å². The van der Waals surface area contributed by atoms with E-state index in [1.165, 1.54) is 12.1 Å². The minimum absolute atomic E-state index is 0.0735. The Morgan fingerprint density at radius 2 is 1.94 bits per heavy atom. The molecule has 0 saturated heterocycles. The molecule has 0 amide bonds. The first-order valence-corrected chi connectivity index (χ1v) is 4.96. The molecule has 0 aliphatic carbocycles. The topological polar surface area (TPSA) is 63.3 Å². The monoisotopic (exact) mass is 231 g/mol. The average Bonchev–Trinajstić information content (AvgIpc) is 2.28. The Morgan fingerprint density at radius 3 is 2.59 bits per heavy atom. The molecule has 0 radical (unpaired) electrons. The number of anilines is 1. The predicted molar refractivity (Wildman–Crippen MR) is 63.2 cm³/mol. The molecule has 3 N–H and O–H groups in total. The molecule has 86 valence electrons. The van der Waals surface area contributed by atoms with E-state index in [2.05, 4.69) is 0 Å². The third-order valence-electron chi connectivity index (χ3n) is 2.41. The van der Waals surface area contributed by atoms with Crippen LogP contribution in [-0.2, 0) is 0 Å². The highest BCUT2D eigenvalue weighted by Gasteiger charge is 2.12. The van der Waals surface area contributed by atoms with E-state index in [9.17, 15) is 9.18 Å². The molecule has 0 bridgehead atoms. The van der Waals surface area contributed by atoms with Gasteiger partial charge in [0.15, 0.2) is 0 Å². The highest BCUT2D eigenvalue weighted by atomic mass is 19.1. The number of nitrogens with two attached hydrogens (primary N) is 1. The van der Waals surface area contributed by atoms with Crippen molar-refractivity contribution >= 4 is 11.7 Å². The van der Waals surface area contributed by atoms with Gasteiger partial charge in [-0.05, 0) is 35.4 Å². The van der Waals surface area contributed by atoms with Crippen LogP contribution in [0.4, 0.5) is 10.1 Å². The first-order valence-electron chi connectivity index (χ1n) is 4.96. The van der Waals surface area contributed by atoms with Gasteiger partial charge < -0.3 is 10.8 Å². The lowest BCUT2D eigenvalue weighted by molar-refractivity contribution is 0.0697. The number of rotatable bonds is 2. The van der Waals surface area contributed by atoms with Gasteiger partial charge in [0.1, 0.15) is 5.82 Å². The molecule has 0 aliphatic rings.